The Labute approximate surface area is 178 Å². The highest BCUT2D eigenvalue weighted by atomic mass is 127. The first-order valence-electron chi connectivity index (χ1n) is 8.89. The molecule has 0 saturated carbocycles. The van der Waals surface area contributed by atoms with E-state index in [9.17, 15) is 0 Å². The molecule has 0 aliphatic rings. The highest BCUT2D eigenvalue weighted by Gasteiger charge is 2.19. The standard InChI is InChI=1S/C19H29N5O2.HI/c1-6-9-25-16-8-7-14(10-21-16)11-23-18(20-5)24-13-17-22-12-15(26-17)19(2,3)4;/h7-8,10,12H,6,9,11,13H2,1-5H3,(H2,20,23,24);1H. The van der Waals surface area contributed by atoms with Gasteiger partial charge in [-0.25, -0.2) is 9.97 Å². The molecule has 0 amide bonds. The molecule has 0 unspecified atom stereocenters. The van der Waals surface area contributed by atoms with Gasteiger partial charge in [0.05, 0.1) is 19.3 Å². The molecule has 150 valence electrons. The first kappa shape index (κ1) is 23.2. The molecular weight excluding hydrogens is 457 g/mol. The molecule has 0 aliphatic heterocycles. The maximum absolute atomic E-state index is 5.77. The third-order valence-corrected chi connectivity index (χ3v) is 3.64. The zero-order chi connectivity index (χ0) is 19.0. The van der Waals surface area contributed by atoms with Crippen LogP contribution in [-0.2, 0) is 18.5 Å². The number of aliphatic imine (C=N–C) groups is 1. The Hall–Kier alpha value is -1.84. The van der Waals surface area contributed by atoms with Gasteiger partial charge >= 0.3 is 0 Å². The van der Waals surface area contributed by atoms with E-state index in [2.05, 4.69) is 53.3 Å². The predicted molar refractivity (Wildman–Crippen MR) is 118 cm³/mol. The number of guanidine groups is 1. The van der Waals surface area contributed by atoms with Crippen molar-refractivity contribution >= 4 is 29.9 Å². The van der Waals surface area contributed by atoms with E-state index in [0.717, 1.165) is 17.7 Å². The Kier molecular flexibility index (Phi) is 9.54. The summed E-state index contributed by atoms with van der Waals surface area (Å²) < 4.78 is 11.3. The summed E-state index contributed by atoms with van der Waals surface area (Å²) in [6, 6.07) is 3.87. The molecule has 2 aromatic heterocycles. The van der Waals surface area contributed by atoms with Crippen LogP contribution in [0.3, 0.4) is 0 Å². The second kappa shape index (κ2) is 11.1. The Morgan fingerprint density at radius 2 is 1.89 bits per heavy atom. The number of hydrogen-bond donors (Lipinski definition) is 2. The van der Waals surface area contributed by atoms with E-state index in [1.807, 2.05) is 12.1 Å². The van der Waals surface area contributed by atoms with Gasteiger partial charge in [0, 0.05) is 31.3 Å². The summed E-state index contributed by atoms with van der Waals surface area (Å²) in [6.45, 7) is 10.1. The third kappa shape index (κ3) is 7.74. The second-order valence-electron chi connectivity index (χ2n) is 7.00. The predicted octanol–water partition coefficient (Wildman–Crippen LogP) is 3.64. The summed E-state index contributed by atoms with van der Waals surface area (Å²) in [4.78, 5) is 12.8. The van der Waals surface area contributed by atoms with Gasteiger partial charge < -0.3 is 19.8 Å². The first-order chi connectivity index (χ1) is 12.4. The average Bonchev–Trinajstić information content (AvgIpc) is 3.10. The van der Waals surface area contributed by atoms with Gasteiger partial charge in [0.15, 0.2) is 5.96 Å². The van der Waals surface area contributed by atoms with Crippen molar-refractivity contribution in [2.75, 3.05) is 13.7 Å². The fourth-order valence-corrected chi connectivity index (χ4v) is 2.11. The molecule has 0 aromatic carbocycles. The van der Waals surface area contributed by atoms with Gasteiger partial charge in [-0.1, -0.05) is 33.8 Å². The van der Waals surface area contributed by atoms with E-state index >= 15 is 0 Å². The molecule has 0 atom stereocenters. The zero-order valence-corrected chi connectivity index (χ0v) is 19.0. The number of oxazole rings is 1. The minimum absolute atomic E-state index is 0. The lowest BCUT2D eigenvalue weighted by atomic mass is 9.94. The van der Waals surface area contributed by atoms with Crippen LogP contribution in [-0.4, -0.2) is 29.6 Å². The quantitative estimate of drug-likeness (QED) is 0.353. The van der Waals surface area contributed by atoms with Crippen LogP contribution < -0.4 is 15.4 Å². The average molecular weight is 487 g/mol. The summed E-state index contributed by atoms with van der Waals surface area (Å²) in [5.41, 5.74) is 0.994. The largest absolute Gasteiger partial charge is 0.478 e. The van der Waals surface area contributed by atoms with Crippen LogP contribution in [0.5, 0.6) is 5.88 Å². The minimum Gasteiger partial charge on any atom is -0.478 e. The third-order valence-electron chi connectivity index (χ3n) is 3.64. The molecule has 0 aliphatic carbocycles. The van der Waals surface area contributed by atoms with Crippen LogP contribution in [0.15, 0.2) is 33.9 Å². The number of nitrogens with zero attached hydrogens (tertiary/aromatic N) is 3. The minimum atomic E-state index is -0.0504. The maximum Gasteiger partial charge on any atom is 0.213 e. The van der Waals surface area contributed by atoms with Crippen molar-refractivity contribution in [3.05, 3.63) is 41.7 Å². The monoisotopic (exact) mass is 487 g/mol. The maximum atomic E-state index is 5.77. The normalized spacial score (nSPS) is 11.7. The van der Waals surface area contributed by atoms with Crippen LogP contribution in [0, 0.1) is 0 Å². The molecule has 2 N–H and O–H groups in total. The van der Waals surface area contributed by atoms with Crippen LogP contribution in [0.25, 0.3) is 0 Å². The molecule has 0 fully saturated rings. The Bertz CT molecular complexity index is 708. The van der Waals surface area contributed by atoms with Crippen LogP contribution >= 0.6 is 24.0 Å². The molecule has 2 aromatic rings. The molecule has 0 radical (unpaired) electrons. The number of aromatic nitrogens is 2. The van der Waals surface area contributed by atoms with Gasteiger partial charge in [0.2, 0.25) is 11.8 Å². The summed E-state index contributed by atoms with van der Waals surface area (Å²) in [5, 5.41) is 6.44. The van der Waals surface area contributed by atoms with Crippen LogP contribution in [0.4, 0.5) is 0 Å². The first-order valence-corrected chi connectivity index (χ1v) is 8.89. The van der Waals surface area contributed by atoms with E-state index in [4.69, 9.17) is 9.15 Å². The fourth-order valence-electron chi connectivity index (χ4n) is 2.11. The Morgan fingerprint density at radius 3 is 2.44 bits per heavy atom. The summed E-state index contributed by atoms with van der Waals surface area (Å²) in [7, 11) is 1.73. The summed E-state index contributed by atoms with van der Waals surface area (Å²) in [6.07, 6.45) is 4.55. The number of hydrogen-bond acceptors (Lipinski definition) is 5. The lowest BCUT2D eigenvalue weighted by Crippen LogP contribution is -2.36. The smallest absolute Gasteiger partial charge is 0.213 e. The molecule has 27 heavy (non-hydrogen) atoms. The molecule has 7 nitrogen and oxygen atoms in total. The van der Waals surface area contributed by atoms with Gasteiger partial charge in [-0.3, -0.25) is 4.99 Å². The second-order valence-corrected chi connectivity index (χ2v) is 7.00. The van der Waals surface area contributed by atoms with Gasteiger partial charge in [0.1, 0.15) is 5.76 Å². The molecule has 0 spiro atoms. The van der Waals surface area contributed by atoms with Crippen molar-refractivity contribution in [2.24, 2.45) is 4.99 Å². The number of rotatable bonds is 7. The van der Waals surface area contributed by atoms with Crippen molar-refractivity contribution in [3.63, 3.8) is 0 Å². The number of ether oxygens (including phenoxy) is 1. The highest BCUT2D eigenvalue weighted by molar-refractivity contribution is 14.0. The molecule has 2 heterocycles. The number of halogens is 1. The van der Waals surface area contributed by atoms with Crippen molar-refractivity contribution in [2.45, 2.75) is 52.6 Å². The van der Waals surface area contributed by atoms with Gasteiger partial charge in [-0.05, 0) is 12.0 Å². The van der Waals surface area contributed by atoms with E-state index < -0.39 is 0 Å². The lowest BCUT2D eigenvalue weighted by molar-refractivity contribution is 0.305. The number of pyridine rings is 1. The summed E-state index contributed by atoms with van der Waals surface area (Å²) in [5.74, 6) is 2.83. The molecule has 2 rings (SSSR count). The van der Waals surface area contributed by atoms with Crippen molar-refractivity contribution in [1.29, 1.82) is 0 Å². The van der Waals surface area contributed by atoms with E-state index in [1.165, 1.54) is 0 Å². The Balaban J connectivity index is 0.00000364. The van der Waals surface area contributed by atoms with Crippen molar-refractivity contribution in [3.8, 4) is 5.88 Å². The van der Waals surface area contributed by atoms with E-state index in [1.54, 1.807) is 19.4 Å². The molecular formula is C19H30IN5O2. The van der Waals surface area contributed by atoms with Gasteiger partial charge in [0.25, 0.3) is 0 Å². The lowest BCUT2D eigenvalue weighted by Gasteiger charge is -2.13. The Morgan fingerprint density at radius 1 is 1.15 bits per heavy atom. The topological polar surface area (TPSA) is 84.6 Å². The van der Waals surface area contributed by atoms with Crippen LogP contribution in [0.1, 0.15) is 51.3 Å². The zero-order valence-electron chi connectivity index (χ0n) is 16.7. The van der Waals surface area contributed by atoms with Crippen molar-refractivity contribution < 1.29 is 9.15 Å². The van der Waals surface area contributed by atoms with Crippen molar-refractivity contribution in [1.82, 2.24) is 20.6 Å². The van der Waals surface area contributed by atoms with Gasteiger partial charge in [-0.15, -0.1) is 24.0 Å². The SMILES string of the molecule is CCCOc1ccc(CNC(=NC)NCc2ncc(C(C)(C)C)o2)cn1.I. The highest BCUT2D eigenvalue weighted by Crippen LogP contribution is 2.22. The molecule has 8 heteroatoms. The fraction of sp³-hybridized carbons (Fsp3) is 0.526. The number of nitrogens with one attached hydrogen (secondary N) is 2. The van der Waals surface area contributed by atoms with E-state index in [-0.39, 0.29) is 29.4 Å². The molecule has 0 bridgehead atoms. The van der Waals surface area contributed by atoms with Gasteiger partial charge in [-0.2, -0.15) is 0 Å². The van der Waals surface area contributed by atoms with E-state index in [0.29, 0.717) is 37.4 Å². The summed E-state index contributed by atoms with van der Waals surface area (Å²) >= 11 is 0. The van der Waals surface area contributed by atoms with Crippen LogP contribution in [0.2, 0.25) is 0 Å². The molecule has 0 saturated heterocycles.